The molecule has 0 atom stereocenters. The van der Waals surface area contributed by atoms with Crippen LogP contribution in [-0.2, 0) is 0 Å². The van der Waals surface area contributed by atoms with E-state index in [-0.39, 0.29) is 44.1 Å². The van der Waals surface area contributed by atoms with Crippen molar-refractivity contribution in [1.29, 1.82) is 5.26 Å². The minimum Gasteiger partial charge on any atom is -0.494 e. The van der Waals surface area contributed by atoms with Crippen molar-refractivity contribution in [3.05, 3.63) is 54.8 Å². The Labute approximate surface area is 184 Å². The molecular weight excluding hydrogens is 427 g/mol. The number of hydrogen-bond donors (Lipinski definition) is 1. The maximum atomic E-state index is 13.3. The normalized spacial score (nSPS) is 14.0. The molecule has 30 heavy (non-hydrogen) atoms. The second kappa shape index (κ2) is 9.11. The molecule has 1 saturated carbocycles. The van der Waals surface area contributed by atoms with Crippen molar-refractivity contribution >= 4 is 29.0 Å². The van der Waals surface area contributed by atoms with Gasteiger partial charge < -0.3 is 9.84 Å². The molecule has 1 N–H and O–H groups in total. The largest absolute Gasteiger partial charge is 0.494 e. The lowest BCUT2D eigenvalue weighted by atomic mass is 9.96. The third-order valence-corrected chi connectivity index (χ3v) is 5.94. The lowest BCUT2D eigenvalue weighted by Crippen LogP contribution is -2.29. The maximum absolute atomic E-state index is 13.3. The van der Waals surface area contributed by atoms with Crippen LogP contribution in [0.5, 0.6) is 11.6 Å². The Morgan fingerprint density at radius 2 is 1.90 bits per heavy atom. The van der Waals surface area contributed by atoms with E-state index < -0.39 is 17.2 Å². The SMILES string of the molecule is CCCOc1c(Cl)cc(C(=O)c2c(C)c(C#N)c(=O)n(C3CCCC3)c2O)cc1Cl. The minimum atomic E-state index is -0.574. The number of carbonyl (C=O) groups is 1. The van der Waals surface area contributed by atoms with Gasteiger partial charge in [-0.1, -0.05) is 43.0 Å². The van der Waals surface area contributed by atoms with E-state index in [0.717, 1.165) is 19.3 Å². The molecule has 0 unspecified atom stereocenters. The van der Waals surface area contributed by atoms with E-state index in [0.29, 0.717) is 19.4 Å². The van der Waals surface area contributed by atoms with Gasteiger partial charge in [-0.15, -0.1) is 0 Å². The zero-order valence-corrected chi connectivity index (χ0v) is 18.3. The molecule has 1 heterocycles. The van der Waals surface area contributed by atoms with Crippen LogP contribution in [-0.4, -0.2) is 22.1 Å². The van der Waals surface area contributed by atoms with Gasteiger partial charge in [0.25, 0.3) is 5.56 Å². The molecule has 8 heteroatoms. The quantitative estimate of drug-likeness (QED) is 0.614. The van der Waals surface area contributed by atoms with Crippen molar-refractivity contribution in [3.8, 4) is 17.7 Å². The second-order valence-corrected chi connectivity index (χ2v) is 8.18. The summed E-state index contributed by atoms with van der Waals surface area (Å²) < 4.78 is 6.72. The number of ether oxygens (including phenoxy) is 1. The van der Waals surface area contributed by atoms with E-state index in [1.54, 1.807) is 0 Å². The molecule has 0 bridgehead atoms. The van der Waals surface area contributed by atoms with Gasteiger partial charge in [0.1, 0.15) is 11.6 Å². The smallest absolute Gasteiger partial charge is 0.271 e. The van der Waals surface area contributed by atoms with E-state index in [4.69, 9.17) is 27.9 Å². The number of pyridine rings is 1. The summed E-state index contributed by atoms with van der Waals surface area (Å²) in [6, 6.07) is 4.47. The average Bonchev–Trinajstić information content (AvgIpc) is 3.21. The number of rotatable bonds is 6. The van der Waals surface area contributed by atoms with Crippen LogP contribution in [0.2, 0.25) is 10.0 Å². The molecule has 1 aliphatic rings. The van der Waals surface area contributed by atoms with Gasteiger partial charge >= 0.3 is 0 Å². The molecule has 0 amide bonds. The van der Waals surface area contributed by atoms with Crippen LogP contribution >= 0.6 is 23.2 Å². The van der Waals surface area contributed by atoms with Crippen molar-refractivity contribution in [1.82, 2.24) is 4.57 Å². The molecule has 158 valence electrons. The molecule has 0 radical (unpaired) electrons. The Hall–Kier alpha value is -2.49. The number of nitriles is 1. The highest BCUT2D eigenvalue weighted by Crippen LogP contribution is 2.37. The number of carbonyl (C=O) groups excluding carboxylic acids is 1. The standard InChI is InChI=1S/C22H22Cl2N2O4/c1-3-8-30-20-16(23)9-13(10-17(20)24)19(27)18-12(2)15(11-25)21(28)26(22(18)29)14-6-4-5-7-14/h9-10,14,29H,3-8H2,1-2H3. The number of ketones is 1. The molecule has 1 aromatic carbocycles. The summed E-state index contributed by atoms with van der Waals surface area (Å²) in [6.07, 6.45) is 4.01. The highest BCUT2D eigenvalue weighted by atomic mass is 35.5. The highest BCUT2D eigenvalue weighted by Gasteiger charge is 2.30. The van der Waals surface area contributed by atoms with Crippen molar-refractivity contribution in [2.24, 2.45) is 0 Å². The first-order valence-electron chi connectivity index (χ1n) is 9.86. The Bertz CT molecular complexity index is 1070. The number of benzene rings is 1. The molecule has 0 aliphatic heterocycles. The fourth-order valence-corrected chi connectivity index (χ4v) is 4.47. The maximum Gasteiger partial charge on any atom is 0.271 e. The molecule has 1 fully saturated rings. The average molecular weight is 449 g/mol. The third-order valence-electron chi connectivity index (χ3n) is 5.37. The summed E-state index contributed by atoms with van der Waals surface area (Å²) in [7, 11) is 0. The first kappa shape index (κ1) is 22.2. The number of hydrogen-bond acceptors (Lipinski definition) is 5. The summed E-state index contributed by atoms with van der Waals surface area (Å²) in [4.78, 5) is 26.1. The summed E-state index contributed by atoms with van der Waals surface area (Å²) >= 11 is 12.5. The van der Waals surface area contributed by atoms with E-state index >= 15 is 0 Å². The molecule has 3 rings (SSSR count). The molecule has 6 nitrogen and oxygen atoms in total. The van der Waals surface area contributed by atoms with E-state index in [1.165, 1.54) is 23.6 Å². The number of aromatic hydroxyl groups is 1. The Balaban J connectivity index is 2.16. The topological polar surface area (TPSA) is 92.3 Å². The van der Waals surface area contributed by atoms with Gasteiger partial charge in [0, 0.05) is 11.6 Å². The van der Waals surface area contributed by atoms with Crippen LogP contribution < -0.4 is 10.3 Å². The second-order valence-electron chi connectivity index (χ2n) is 7.37. The van der Waals surface area contributed by atoms with Gasteiger partial charge in [-0.25, -0.2) is 0 Å². The minimum absolute atomic E-state index is 0.0904. The molecule has 1 aromatic heterocycles. The van der Waals surface area contributed by atoms with Gasteiger partial charge in [-0.3, -0.25) is 14.2 Å². The van der Waals surface area contributed by atoms with Gasteiger partial charge in [-0.2, -0.15) is 5.26 Å². The molecule has 1 aliphatic carbocycles. The molecular formula is C22H22Cl2N2O4. The van der Waals surface area contributed by atoms with Crippen LogP contribution in [0.15, 0.2) is 16.9 Å². The third kappa shape index (κ3) is 3.92. The summed E-state index contributed by atoms with van der Waals surface area (Å²) in [5.41, 5.74) is -0.545. The van der Waals surface area contributed by atoms with Crippen LogP contribution in [0.1, 0.15) is 72.1 Å². The van der Waals surface area contributed by atoms with Gasteiger partial charge in [0.2, 0.25) is 5.88 Å². The molecule has 0 saturated heterocycles. The first-order chi connectivity index (χ1) is 14.3. The highest BCUT2D eigenvalue weighted by molar-refractivity contribution is 6.38. The van der Waals surface area contributed by atoms with Crippen LogP contribution in [0, 0.1) is 18.3 Å². The summed E-state index contributed by atoms with van der Waals surface area (Å²) in [5, 5.41) is 20.8. The Morgan fingerprint density at radius 3 is 2.43 bits per heavy atom. The lowest BCUT2D eigenvalue weighted by Gasteiger charge is -2.20. The van der Waals surface area contributed by atoms with E-state index in [1.807, 2.05) is 13.0 Å². The lowest BCUT2D eigenvalue weighted by molar-refractivity contribution is 0.103. The zero-order chi connectivity index (χ0) is 22.0. The van der Waals surface area contributed by atoms with Crippen LogP contribution in [0.25, 0.3) is 0 Å². The fourth-order valence-electron chi connectivity index (χ4n) is 3.87. The van der Waals surface area contributed by atoms with Crippen molar-refractivity contribution in [3.63, 3.8) is 0 Å². The van der Waals surface area contributed by atoms with Gasteiger partial charge in [0.15, 0.2) is 11.5 Å². The molecule has 0 spiro atoms. The predicted molar refractivity (Wildman–Crippen MR) is 115 cm³/mol. The van der Waals surface area contributed by atoms with E-state index in [2.05, 4.69) is 0 Å². The van der Waals surface area contributed by atoms with Crippen molar-refractivity contribution < 1.29 is 14.6 Å². The van der Waals surface area contributed by atoms with Crippen LogP contribution in [0.3, 0.4) is 0 Å². The number of aromatic nitrogens is 1. The first-order valence-corrected chi connectivity index (χ1v) is 10.6. The number of nitrogens with zero attached hydrogens (tertiary/aromatic N) is 2. The van der Waals surface area contributed by atoms with Gasteiger partial charge in [-0.05, 0) is 43.9 Å². The summed E-state index contributed by atoms with van der Waals surface area (Å²) in [5.74, 6) is -0.711. The fraction of sp³-hybridized carbons (Fsp3) is 0.409. The van der Waals surface area contributed by atoms with Gasteiger partial charge in [0.05, 0.1) is 22.2 Å². The Morgan fingerprint density at radius 1 is 1.30 bits per heavy atom. The monoisotopic (exact) mass is 448 g/mol. The number of halogens is 2. The van der Waals surface area contributed by atoms with E-state index in [9.17, 15) is 20.0 Å². The Kier molecular flexibility index (Phi) is 6.74. The van der Waals surface area contributed by atoms with Crippen molar-refractivity contribution in [2.75, 3.05) is 6.61 Å². The predicted octanol–water partition coefficient (Wildman–Crippen LogP) is 5.18. The zero-order valence-electron chi connectivity index (χ0n) is 16.8. The summed E-state index contributed by atoms with van der Waals surface area (Å²) in [6.45, 7) is 3.84. The van der Waals surface area contributed by atoms with Crippen molar-refractivity contribution in [2.45, 2.75) is 52.0 Å². The molecule has 2 aromatic rings. The van der Waals surface area contributed by atoms with Crippen LogP contribution in [0.4, 0.5) is 0 Å².